The predicted molar refractivity (Wildman–Crippen MR) is 58.1 cm³/mol. The number of nitrogens with zero attached hydrogens (tertiary/aromatic N) is 1. The molecule has 1 rings (SSSR count). The van der Waals surface area contributed by atoms with Gasteiger partial charge in [-0.15, -0.1) is 0 Å². The predicted octanol–water partition coefficient (Wildman–Crippen LogP) is 1.83. The lowest BCUT2D eigenvalue weighted by Crippen LogP contribution is -2.26. The maximum atomic E-state index is 13.0. The van der Waals surface area contributed by atoms with Crippen molar-refractivity contribution in [2.45, 2.75) is 6.04 Å². The van der Waals surface area contributed by atoms with Crippen molar-refractivity contribution in [1.82, 2.24) is 5.32 Å². The Bertz CT molecular complexity index is 425. The van der Waals surface area contributed by atoms with Gasteiger partial charge in [0.2, 0.25) is 0 Å². The normalized spacial score (nSPS) is 11.8. The first kappa shape index (κ1) is 12.6. The summed E-state index contributed by atoms with van der Waals surface area (Å²) < 4.78 is 13.5. The molecule has 0 saturated carbocycles. The Morgan fingerprint density at radius 3 is 2.81 bits per heavy atom. The number of carboxylic acids is 1. The molecule has 0 saturated heterocycles. The van der Waals surface area contributed by atoms with Crippen LogP contribution in [0.15, 0.2) is 22.7 Å². The number of hydrogen-bond acceptors (Lipinski definition) is 3. The zero-order chi connectivity index (χ0) is 12.1. The number of hydrogen-bond donors (Lipinski definition) is 2. The molecule has 4 nitrogen and oxygen atoms in total. The molecule has 0 aromatic heterocycles. The maximum absolute atomic E-state index is 13.0. The molecule has 84 valence electrons. The van der Waals surface area contributed by atoms with Crippen molar-refractivity contribution in [3.63, 3.8) is 0 Å². The van der Waals surface area contributed by atoms with Crippen molar-refractivity contribution in [1.29, 1.82) is 5.26 Å². The SMILES string of the molecule is N#CC(NCC(=O)O)c1cc(F)cc(Br)c1. The molecule has 0 aliphatic rings. The van der Waals surface area contributed by atoms with Crippen molar-refractivity contribution in [3.05, 3.63) is 34.1 Å². The monoisotopic (exact) mass is 286 g/mol. The number of nitriles is 1. The Hall–Kier alpha value is -1.45. The summed E-state index contributed by atoms with van der Waals surface area (Å²) in [6, 6.07) is 5.03. The van der Waals surface area contributed by atoms with E-state index in [2.05, 4.69) is 21.2 Å². The molecule has 1 aromatic carbocycles. The van der Waals surface area contributed by atoms with E-state index in [1.54, 1.807) is 6.07 Å². The number of aliphatic carboxylic acids is 1. The van der Waals surface area contributed by atoms with Gasteiger partial charge in [0.1, 0.15) is 11.9 Å². The molecule has 0 aliphatic carbocycles. The summed E-state index contributed by atoms with van der Waals surface area (Å²) in [5.74, 6) is -1.56. The number of carboxylic acid groups (broad SMARTS) is 1. The summed E-state index contributed by atoms with van der Waals surface area (Å²) in [4.78, 5) is 10.3. The summed E-state index contributed by atoms with van der Waals surface area (Å²) in [6.07, 6.45) is 0. The van der Waals surface area contributed by atoms with Crippen LogP contribution >= 0.6 is 15.9 Å². The Balaban J connectivity index is 2.87. The number of nitrogens with one attached hydrogen (secondary N) is 1. The molecule has 1 atom stereocenters. The fourth-order valence-electron chi connectivity index (χ4n) is 1.17. The van der Waals surface area contributed by atoms with Crippen molar-refractivity contribution in [2.75, 3.05) is 6.54 Å². The van der Waals surface area contributed by atoms with Gasteiger partial charge >= 0.3 is 5.97 Å². The van der Waals surface area contributed by atoms with Crippen molar-refractivity contribution in [3.8, 4) is 6.07 Å². The standard InChI is InChI=1S/C10H8BrFN2O2/c11-7-1-6(2-8(12)3-7)9(4-13)14-5-10(15)16/h1-3,9,14H,5H2,(H,15,16). The van der Waals surface area contributed by atoms with Crippen LogP contribution in [0.4, 0.5) is 4.39 Å². The zero-order valence-electron chi connectivity index (χ0n) is 8.08. The molecule has 0 aliphatic heterocycles. The topological polar surface area (TPSA) is 73.1 Å². The van der Waals surface area contributed by atoms with Gasteiger partial charge in [-0.2, -0.15) is 5.26 Å². The fourth-order valence-corrected chi connectivity index (χ4v) is 1.65. The van der Waals surface area contributed by atoms with Crippen LogP contribution < -0.4 is 5.32 Å². The van der Waals surface area contributed by atoms with Crippen LogP contribution in [-0.4, -0.2) is 17.6 Å². The zero-order valence-corrected chi connectivity index (χ0v) is 9.66. The van der Waals surface area contributed by atoms with Gasteiger partial charge in [-0.05, 0) is 23.8 Å². The highest BCUT2D eigenvalue weighted by Crippen LogP contribution is 2.19. The minimum Gasteiger partial charge on any atom is -0.480 e. The van der Waals surface area contributed by atoms with Crippen molar-refractivity contribution < 1.29 is 14.3 Å². The van der Waals surface area contributed by atoms with Gasteiger partial charge in [0.15, 0.2) is 0 Å². The lowest BCUT2D eigenvalue weighted by atomic mass is 10.1. The first-order valence-corrected chi connectivity index (χ1v) is 5.13. The highest BCUT2D eigenvalue weighted by molar-refractivity contribution is 9.10. The van der Waals surface area contributed by atoms with Crippen LogP contribution in [0.3, 0.4) is 0 Å². The minimum atomic E-state index is -1.07. The van der Waals surface area contributed by atoms with E-state index < -0.39 is 17.8 Å². The van der Waals surface area contributed by atoms with E-state index >= 15 is 0 Å². The Morgan fingerprint density at radius 2 is 2.31 bits per heavy atom. The van der Waals surface area contributed by atoms with Gasteiger partial charge in [-0.3, -0.25) is 10.1 Å². The second-order valence-corrected chi connectivity index (χ2v) is 3.96. The van der Waals surface area contributed by atoms with Gasteiger partial charge in [0.25, 0.3) is 0 Å². The van der Waals surface area contributed by atoms with Crippen LogP contribution in [-0.2, 0) is 4.79 Å². The maximum Gasteiger partial charge on any atom is 0.317 e. The van der Waals surface area contributed by atoms with Crippen LogP contribution in [0, 0.1) is 17.1 Å². The van der Waals surface area contributed by atoms with Crippen LogP contribution in [0.5, 0.6) is 0 Å². The number of rotatable bonds is 4. The van der Waals surface area contributed by atoms with Gasteiger partial charge in [-0.25, -0.2) is 4.39 Å². The second-order valence-electron chi connectivity index (χ2n) is 3.04. The molecule has 16 heavy (non-hydrogen) atoms. The lowest BCUT2D eigenvalue weighted by molar-refractivity contribution is -0.136. The lowest BCUT2D eigenvalue weighted by Gasteiger charge is -2.10. The van der Waals surface area contributed by atoms with E-state index in [1.165, 1.54) is 12.1 Å². The van der Waals surface area contributed by atoms with E-state index in [1.807, 2.05) is 6.07 Å². The Kier molecular flexibility index (Phi) is 4.40. The first-order chi connectivity index (χ1) is 7.52. The molecule has 0 radical (unpaired) electrons. The van der Waals surface area contributed by atoms with E-state index in [4.69, 9.17) is 10.4 Å². The Labute approximate surface area is 99.8 Å². The van der Waals surface area contributed by atoms with Crippen LogP contribution in [0.2, 0.25) is 0 Å². The molecule has 0 heterocycles. The molecular formula is C10H8BrFN2O2. The van der Waals surface area contributed by atoms with Crippen molar-refractivity contribution >= 4 is 21.9 Å². The highest BCUT2D eigenvalue weighted by Gasteiger charge is 2.12. The summed E-state index contributed by atoms with van der Waals surface area (Å²) in [7, 11) is 0. The fraction of sp³-hybridized carbons (Fsp3) is 0.200. The molecule has 0 amide bonds. The third kappa shape index (κ3) is 3.61. The van der Waals surface area contributed by atoms with E-state index in [0.29, 0.717) is 10.0 Å². The van der Waals surface area contributed by atoms with Crippen molar-refractivity contribution in [2.24, 2.45) is 0 Å². The summed E-state index contributed by atoms with van der Waals surface area (Å²) >= 11 is 3.10. The Morgan fingerprint density at radius 1 is 1.62 bits per heavy atom. The van der Waals surface area contributed by atoms with Gasteiger partial charge < -0.3 is 5.11 Å². The smallest absolute Gasteiger partial charge is 0.317 e. The second kappa shape index (κ2) is 5.58. The molecule has 0 fully saturated rings. The van der Waals surface area contributed by atoms with E-state index in [0.717, 1.165) is 0 Å². The average Bonchev–Trinajstić information content (AvgIpc) is 2.16. The third-order valence-electron chi connectivity index (χ3n) is 1.80. The van der Waals surface area contributed by atoms with Crippen LogP contribution in [0.25, 0.3) is 0 Å². The molecule has 0 spiro atoms. The molecule has 1 unspecified atom stereocenters. The van der Waals surface area contributed by atoms with Crippen LogP contribution in [0.1, 0.15) is 11.6 Å². The molecule has 6 heteroatoms. The molecule has 0 bridgehead atoms. The van der Waals surface area contributed by atoms with E-state index in [-0.39, 0.29) is 6.54 Å². The summed E-state index contributed by atoms with van der Waals surface area (Å²) in [5.41, 5.74) is 0.385. The minimum absolute atomic E-state index is 0.355. The molecule has 1 aromatic rings. The molecule has 2 N–H and O–H groups in total. The number of carbonyl (C=O) groups is 1. The van der Waals surface area contributed by atoms with Gasteiger partial charge in [0.05, 0.1) is 12.6 Å². The summed E-state index contributed by atoms with van der Waals surface area (Å²) in [5, 5.41) is 19.8. The quantitative estimate of drug-likeness (QED) is 0.886. The van der Waals surface area contributed by atoms with Gasteiger partial charge in [0, 0.05) is 4.47 Å². The number of benzene rings is 1. The first-order valence-electron chi connectivity index (χ1n) is 4.33. The van der Waals surface area contributed by atoms with E-state index in [9.17, 15) is 9.18 Å². The summed E-state index contributed by atoms with van der Waals surface area (Å²) in [6.45, 7) is -0.355. The third-order valence-corrected chi connectivity index (χ3v) is 2.26. The van der Waals surface area contributed by atoms with Gasteiger partial charge in [-0.1, -0.05) is 15.9 Å². The number of halogens is 2. The average molecular weight is 287 g/mol. The largest absolute Gasteiger partial charge is 0.480 e. The highest BCUT2D eigenvalue weighted by atomic mass is 79.9. The molecular weight excluding hydrogens is 279 g/mol.